The molecule has 1 aromatic heterocycles. The van der Waals surface area contributed by atoms with E-state index >= 15 is 0 Å². The third-order valence-electron chi connectivity index (χ3n) is 6.04. The molecule has 0 unspecified atom stereocenters. The van der Waals surface area contributed by atoms with Crippen LogP contribution >= 0.6 is 0 Å². The molecule has 1 saturated heterocycles. The van der Waals surface area contributed by atoms with Gasteiger partial charge in [-0.15, -0.1) is 0 Å². The Kier molecular flexibility index (Phi) is 3.18. The first-order valence-electron chi connectivity index (χ1n) is 8.57. The summed E-state index contributed by atoms with van der Waals surface area (Å²) in [7, 11) is 1.50. The maximum Gasteiger partial charge on any atom is 0.313 e. The van der Waals surface area contributed by atoms with Crippen molar-refractivity contribution >= 4 is 22.7 Å². The first-order valence-corrected chi connectivity index (χ1v) is 8.57. The van der Waals surface area contributed by atoms with Crippen molar-refractivity contribution in [1.29, 1.82) is 0 Å². The highest BCUT2D eigenvalue weighted by Crippen LogP contribution is 2.63. The Labute approximate surface area is 142 Å². The molecule has 0 spiro atoms. The van der Waals surface area contributed by atoms with E-state index in [0.717, 1.165) is 35.2 Å². The van der Waals surface area contributed by atoms with Crippen LogP contribution in [0.2, 0.25) is 0 Å². The molecule has 0 amide bonds. The summed E-state index contributed by atoms with van der Waals surface area (Å²) in [5.74, 6) is 1.26. The van der Waals surface area contributed by atoms with Crippen LogP contribution in [0, 0.1) is 23.7 Å². The maximum atomic E-state index is 12.5. The molecular weight excluding hydrogens is 300 g/mol. The third-order valence-corrected chi connectivity index (χ3v) is 6.04. The highest BCUT2D eigenvalue weighted by Gasteiger charge is 2.67. The molecule has 126 valence electrons. The van der Waals surface area contributed by atoms with Crippen LogP contribution in [0.5, 0.6) is 0 Å². The van der Waals surface area contributed by atoms with Crippen LogP contribution in [0.15, 0.2) is 30.3 Å². The Morgan fingerprint density at radius 1 is 1.33 bits per heavy atom. The van der Waals surface area contributed by atoms with Gasteiger partial charge in [0.25, 0.3) is 0 Å². The highest BCUT2D eigenvalue weighted by atomic mass is 16.5. The molecule has 2 heterocycles. The molecule has 2 fully saturated rings. The highest BCUT2D eigenvalue weighted by molar-refractivity contribution is 5.84. The largest absolute Gasteiger partial charge is 0.469 e. The summed E-state index contributed by atoms with van der Waals surface area (Å²) in [6.07, 6.45) is 0.889. The van der Waals surface area contributed by atoms with Crippen LogP contribution in [0.4, 0.5) is 5.82 Å². The van der Waals surface area contributed by atoms with Gasteiger partial charge in [-0.2, -0.15) is 0 Å². The second-order valence-electron chi connectivity index (χ2n) is 8.07. The number of aryl methyl sites for hydroxylation is 1. The fourth-order valence-electron chi connectivity index (χ4n) is 5.06. The number of para-hydroxylation sites is 1. The SMILES string of the molecule is COC(=O)[C@@]12CN(c3nc4ccccc4cc3C)C[C@@H]1C(C)(C)C2. The zero-order chi connectivity index (χ0) is 17.1. The monoisotopic (exact) mass is 324 g/mol. The number of rotatable bonds is 2. The van der Waals surface area contributed by atoms with E-state index in [1.54, 1.807) is 0 Å². The molecule has 2 aliphatic rings. The smallest absolute Gasteiger partial charge is 0.313 e. The van der Waals surface area contributed by atoms with E-state index < -0.39 is 0 Å². The van der Waals surface area contributed by atoms with Crippen molar-refractivity contribution in [1.82, 2.24) is 4.98 Å². The Bertz CT molecular complexity index is 829. The van der Waals surface area contributed by atoms with Crippen molar-refractivity contribution in [3.8, 4) is 0 Å². The molecule has 1 aliphatic heterocycles. The van der Waals surface area contributed by atoms with E-state index in [-0.39, 0.29) is 16.8 Å². The fraction of sp³-hybridized carbons (Fsp3) is 0.500. The molecular formula is C20H24N2O2. The number of carbonyl (C=O) groups is 1. The van der Waals surface area contributed by atoms with Crippen molar-refractivity contribution in [2.75, 3.05) is 25.1 Å². The molecule has 1 saturated carbocycles. The van der Waals surface area contributed by atoms with Gasteiger partial charge in [0.2, 0.25) is 0 Å². The zero-order valence-corrected chi connectivity index (χ0v) is 14.8. The van der Waals surface area contributed by atoms with Crippen LogP contribution in [0.1, 0.15) is 25.8 Å². The van der Waals surface area contributed by atoms with Crippen molar-refractivity contribution < 1.29 is 9.53 Å². The van der Waals surface area contributed by atoms with E-state index in [1.165, 1.54) is 7.11 Å². The summed E-state index contributed by atoms with van der Waals surface area (Å²) < 4.78 is 5.15. The number of ether oxygens (including phenoxy) is 1. The molecule has 0 bridgehead atoms. The third kappa shape index (κ3) is 1.98. The first kappa shape index (κ1) is 15.4. The number of esters is 1. The van der Waals surface area contributed by atoms with Gasteiger partial charge < -0.3 is 9.64 Å². The minimum Gasteiger partial charge on any atom is -0.469 e. The number of carbonyl (C=O) groups excluding carboxylic acids is 1. The van der Waals surface area contributed by atoms with E-state index in [2.05, 4.69) is 37.8 Å². The average Bonchev–Trinajstić information content (AvgIpc) is 2.89. The Hall–Kier alpha value is -2.10. The molecule has 24 heavy (non-hydrogen) atoms. The van der Waals surface area contributed by atoms with Gasteiger partial charge in [0.1, 0.15) is 5.82 Å². The second-order valence-corrected chi connectivity index (χ2v) is 8.07. The maximum absolute atomic E-state index is 12.5. The van der Waals surface area contributed by atoms with Crippen molar-refractivity contribution in [2.24, 2.45) is 16.7 Å². The molecule has 0 N–H and O–H groups in total. The van der Waals surface area contributed by atoms with Gasteiger partial charge in [0.05, 0.1) is 18.0 Å². The summed E-state index contributed by atoms with van der Waals surface area (Å²) in [6.45, 7) is 8.19. The number of fused-ring (bicyclic) bond motifs is 2. The zero-order valence-electron chi connectivity index (χ0n) is 14.8. The summed E-state index contributed by atoms with van der Waals surface area (Å²) in [5.41, 5.74) is 1.97. The summed E-state index contributed by atoms with van der Waals surface area (Å²) in [4.78, 5) is 19.7. The molecule has 2 aromatic rings. The van der Waals surface area contributed by atoms with Crippen LogP contribution in [-0.2, 0) is 9.53 Å². The van der Waals surface area contributed by atoms with Crippen molar-refractivity contribution in [3.63, 3.8) is 0 Å². The lowest BCUT2D eigenvalue weighted by molar-refractivity contribution is -0.174. The molecule has 2 atom stereocenters. The Morgan fingerprint density at radius 2 is 2.08 bits per heavy atom. The number of hydrogen-bond acceptors (Lipinski definition) is 4. The number of pyridine rings is 1. The fourth-order valence-corrected chi connectivity index (χ4v) is 5.06. The quantitative estimate of drug-likeness (QED) is 0.792. The van der Waals surface area contributed by atoms with Crippen LogP contribution < -0.4 is 4.90 Å². The Balaban J connectivity index is 1.74. The standard InChI is InChI=1S/C20H24N2O2/c1-13-9-14-7-5-6-8-15(14)21-17(13)22-10-16-19(2,3)11-20(16,12-22)18(23)24-4/h5-9,16H,10-12H2,1-4H3/t16-,20+/m1/s1. The van der Waals surface area contributed by atoms with Gasteiger partial charge >= 0.3 is 5.97 Å². The minimum atomic E-state index is -0.363. The van der Waals surface area contributed by atoms with Crippen LogP contribution in [-0.4, -0.2) is 31.2 Å². The number of nitrogens with zero attached hydrogens (tertiary/aromatic N) is 2. The van der Waals surface area contributed by atoms with E-state index in [9.17, 15) is 4.79 Å². The first-order chi connectivity index (χ1) is 11.4. The average molecular weight is 324 g/mol. The lowest BCUT2D eigenvalue weighted by Crippen LogP contribution is -2.57. The van der Waals surface area contributed by atoms with Crippen molar-refractivity contribution in [2.45, 2.75) is 27.2 Å². The summed E-state index contributed by atoms with van der Waals surface area (Å²) in [5, 5.41) is 1.16. The van der Waals surface area contributed by atoms with Gasteiger partial charge in [-0.25, -0.2) is 4.98 Å². The number of anilines is 1. The molecule has 0 radical (unpaired) electrons. The Morgan fingerprint density at radius 3 is 2.79 bits per heavy atom. The summed E-state index contributed by atoms with van der Waals surface area (Å²) in [6, 6.07) is 10.4. The number of aromatic nitrogens is 1. The lowest BCUT2D eigenvalue weighted by Gasteiger charge is -2.54. The van der Waals surface area contributed by atoms with Gasteiger partial charge in [-0.1, -0.05) is 32.0 Å². The molecule has 1 aromatic carbocycles. The normalized spacial score (nSPS) is 27.7. The topological polar surface area (TPSA) is 42.4 Å². The number of methoxy groups -OCH3 is 1. The van der Waals surface area contributed by atoms with Crippen LogP contribution in [0.3, 0.4) is 0 Å². The number of hydrogen-bond donors (Lipinski definition) is 0. The second kappa shape index (κ2) is 4.95. The van der Waals surface area contributed by atoms with E-state index in [0.29, 0.717) is 12.5 Å². The number of benzene rings is 1. The van der Waals surface area contributed by atoms with Crippen molar-refractivity contribution in [3.05, 3.63) is 35.9 Å². The van der Waals surface area contributed by atoms with Crippen LogP contribution in [0.25, 0.3) is 10.9 Å². The minimum absolute atomic E-state index is 0.0623. The lowest BCUT2D eigenvalue weighted by atomic mass is 9.48. The predicted octanol–water partition coefficient (Wildman–Crippen LogP) is 3.57. The summed E-state index contributed by atoms with van der Waals surface area (Å²) >= 11 is 0. The molecule has 4 rings (SSSR count). The van der Waals surface area contributed by atoms with E-state index in [1.807, 2.05) is 18.2 Å². The van der Waals surface area contributed by atoms with Gasteiger partial charge in [0, 0.05) is 18.5 Å². The molecule has 1 aliphatic carbocycles. The van der Waals surface area contributed by atoms with Gasteiger partial charge in [0.15, 0.2) is 0 Å². The predicted molar refractivity (Wildman–Crippen MR) is 95.0 cm³/mol. The molecule has 4 nitrogen and oxygen atoms in total. The molecule has 4 heteroatoms. The van der Waals surface area contributed by atoms with E-state index in [4.69, 9.17) is 9.72 Å². The van der Waals surface area contributed by atoms with Gasteiger partial charge in [-0.3, -0.25) is 4.79 Å². The van der Waals surface area contributed by atoms with Gasteiger partial charge in [-0.05, 0) is 42.4 Å².